The summed E-state index contributed by atoms with van der Waals surface area (Å²) in [5.74, 6) is 0.00338. The first-order valence-electron chi connectivity index (χ1n) is 7.46. The summed E-state index contributed by atoms with van der Waals surface area (Å²) in [5.41, 5.74) is 1.34. The van der Waals surface area contributed by atoms with Crippen LogP contribution in [0, 0.1) is 11.3 Å². The Kier molecular flexibility index (Phi) is 5.73. The minimum atomic E-state index is 0.00338. The topological polar surface area (TPSA) is 59.4 Å². The Hall–Kier alpha value is -1.90. The molecule has 2 rings (SSSR count). The zero-order chi connectivity index (χ0) is 15.1. The largest absolute Gasteiger partial charge is 0.325 e. The van der Waals surface area contributed by atoms with Crippen molar-refractivity contribution in [1.29, 1.82) is 5.26 Å². The fourth-order valence-electron chi connectivity index (χ4n) is 2.52. The van der Waals surface area contributed by atoms with Gasteiger partial charge in [0.15, 0.2) is 0 Å². The lowest BCUT2D eigenvalue weighted by atomic mass is 10.2. The number of hydrogen-bond donors (Lipinski definition) is 1. The maximum Gasteiger partial charge on any atom is 0.238 e. The predicted molar refractivity (Wildman–Crippen MR) is 83.0 cm³/mol. The number of nitrogens with zero attached hydrogens (tertiary/aromatic N) is 3. The summed E-state index contributed by atoms with van der Waals surface area (Å²) in [6, 6.07) is 9.00. The van der Waals surface area contributed by atoms with Crippen molar-refractivity contribution in [3.63, 3.8) is 0 Å². The van der Waals surface area contributed by atoms with Gasteiger partial charge in [-0.1, -0.05) is 6.92 Å². The summed E-state index contributed by atoms with van der Waals surface area (Å²) in [4.78, 5) is 16.6. The van der Waals surface area contributed by atoms with Crippen molar-refractivity contribution < 1.29 is 4.79 Å². The molecular formula is C16H22N4O. The van der Waals surface area contributed by atoms with E-state index in [4.69, 9.17) is 5.26 Å². The molecule has 1 aromatic carbocycles. The predicted octanol–water partition coefficient (Wildman–Crippen LogP) is 1.52. The number of hydrogen-bond acceptors (Lipinski definition) is 4. The molecule has 0 saturated carbocycles. The van der Waals surface area contributed by atoms with Crippen molar-refractivity contribution in [1.82, 2.24) is 9.80 Å². The molecule has 5 nitrogen and oxygen atoms in total. The maximum absolute atomic E-state index is 12.0. The van der Waals surface area contributed by atoms with Crippen molar-refractivity contribution in [3.8, 4) is 6.07 Å². The van der Waals surface area contributed by atoms with Crippen molar-refractivity contribution in [2.45, 2.75) is 13.3 Å². The second-order valence-corrected chi connectivity index (χ2v) is 5.36. The Labute approximate surface area is 126 Å². The fraction of sp³-hybridized carbons (Fsp3) is 0.500. The third-order valence-electron chi connectivity index (χ3n) is 3.67. The number of anilines is 1. The van der Waals surface area contributed by atoms with Crippen molar-refractivity contribution >= 4 is 11.6 Å². The molecule has 1 aromatic rings. The number of amides is 1. The second-order valence-electron chi connectivity index (χ2n) is 5.36. The molecule has 0 bridgehead atoms. The quantitative estimate of drug-likeness (QED) is 0.891. The van der Waals surface area contributed by atoms with Gasteiger partial charge >= 0.3 is 0 Å². The molecule has 0 aliphatic carbocycles. The molecule has 21 heavy (non-hydrogen) atoms. The third-order valence-corrected chi connectivity index (χ3v) is 3.67. The summed E-state index contributed by atoms with van der Waals surface area (Å²) in [5, 5.41) is 11.6. The summed E-state index contributed by atoms with van der Waals surface area (Å²) in [6.45, 7) is 7.74. The molecule has 1 saturated heterocycles. The Morgan fingerprint density at radius 3 is 2.38 bits per heavy atom. The minimum Gasteiger partial charge on any atom is -0.325 e. The van der Waals surface area contributed by atoms with Crippen LogP contribution in [0.2, 0.25) is 0 Å². The van der Waals surface area contributed by atoms with E-state index in [9.17, 15) is 4.79 Å². The van der Waals surface area contributed by atoms with E-state index in [-0.39, 0.29) is 5.91 Å². The van der Waals surface area contributed by atoms with Crippen LogP contribution in [0.3, 0.4) is 0 Å². The molecule has 1 fully saturated rings. The van der Waals surface area contributed by atoms with E-state index < -0.39 is 0 Å². The third kappa shape index (κ3) is 4.85. The van der Waals surface area contributed by atoms with Crippen molar-refractivity contribution in [2.75, 3.05) is 44.6 Å². The number of nitriles is 1. The molecule has 1 amide bonds. The van der Waals surface area contributed by atoms with E-state index >= 15 is 0 Å². The number of carbonyl (C=O) groups excluding carboxylic acids is 1. The highest BCUT2D eigenvalue weighted by Gasteiger charge is 2.18. The zero-order valence-electron chi connectivity index (χ0n) is 12.5. The highest BCUT2D eigenvalue weighted by atomic mass is 16.2. The molecule has 1 heterocycles. The first-order chi connectivity index (χ1) is 10.2. The smallest absolute Gasteiger partial charge is 0.238 e. The van der Waals surface area contributed by atoms with Crippen LogP contribution >= 0.6 is 0 Å². The number of rotatable bonds is 5. The monoisotopic (exact) mass is 286 g/mol. The molecule has 5 heteroatoms. The van der Waals surface area contributed by atoms with Crippen LogP contribution in [-0.2, 0) is 4.79 Å². The molecule has 0 radical (unpaired) electrons. The lowest BCUT2D eigenvalue weighted by Crippen LogP contribution is -2.48. The average molecular weight is 286 g/mol. The van der Waals surface area contributed by atoms with Gasteiger partial charge < -0.3 is 10.2 Å². The zero-order valence-corrected chi connectivity index (χ0v) is 12.5. The van der Waals surface area contributed by atoms with Crippen LogP contribution in [0.15, 0.2) is 24.3 Å². The van der Waals surface area contributed by atoms with Gasteiger partial charge in [0.05, 0.1) is 18.2 Å². The molecule has 112 valence electrons. The first kappa shape index (κ1) is 15.5. The Balaban J connectivity index is 1.76. The van der Waals surface area contributed by atoms with Gasteiger partial charge in [0, 0.05) is 31.9 Å². The van der Waals surface area contributed by atoms with Gasteiger partial charge in [0.1, 0.15) is 0 Å². The van der Waals surface area contributed by atoms with E-state index in [2.05, 4.69) is 28.1 Å². The minimum absolute atomic E-state index is 0.00338. The SMILES string of the molecule is CCCN1CCN(CC(=O)Nc2ccc(C#N)cc2)CC1. The van der Waals surface area contributed by atoms with Crippen LogP contribution in [0.25, 0.3) is 0 Å². The summed E-state index contributed by atoms with van der Waals surface area (Å²) >= 11 is 0. The Morgan fingerprint density at radius 1 is 1.19 bits per heavy atom. The van der Waals surface area contributed by atoms with Crippen LogP contribution < -0.4 is 5.32 Å². The van der Waals surface area contributed by atoms with E-state index in [0.717, 1.165) is 38.4 Å². The highest BCUT2D eigenvalue weighted by molar-refractivity contribution is 5.92. The number of carbonyl (C=O) groups is 1. The van der Waals surface area contributed by atoms with Crippen LogP contribution in [0.5, 0.6) is 0 Å². The lowest BCUT2D eigenvalue weighted by molar-refractivity contribution is -0.117. The van der Waals surface area contributed by atoms with Crippen LogP contribution in [-0.4, -0.2) is 55.0 Å². The molecule has 1 aliphatic heterocycles. The van der Waals surface area contributed by atoms with Crippen molar-refractivity contribution in [2.24, 2.45) is 0 Å². The highest BCUT2D eigenvalue weighted by Crippen LogP contribution is 2.09. The molecule has 0 aromatic heterocycles. The molecule has 0 unspecified atom stereocenters. The van der Waals surface area contributed by atoms with Gasteiger partial charge in [0.25, 0.3) is 0 Å². The maximum atomic E-state index is 12.0. The Bertz CT molecular complexity index is 498. The van der Waals surface area contributed by atoms with Crippen LogP contribution in [0.4, 0.5) is 5.69 Å². The first-order valence-corrected chi connectivity index (χ1v) is 7.46. The number of nitrogens with one attached hydrogen (secondary N) is 1. The summed E-state index contributed by atoms with van der Waals surface area (Å²) in [7, 11) is 0. The normalized spacial score (nSPS) is 16.4. The molecule has 1 N–H and O–H groups in total. The van der Waals surface area contributed by atoms with Gasteiger partial charge in [-0.05, 0) is 37.2 Å². The van der Waals surface area contributed by atoms with Gasteiger partial charge in [-0.25, -0.2) is 0 Å². The second kappa shape index (κ2) is 7.77. The van der Waals surface area contributed by atoms with E-state index in [0.29, 0.717) is 12.1 Å². The molecule has 1 aliphatic rings. The van der Waals surface area contributed by atoms with Crippen molar-refractivity contribution in [3.05, 3.63) is 29.8 Å². The van der Waals surface area contributed by atoms with Gasteiger partial charge in [0.2, 0.25) is 5.91 Å². The van der Waals surface area contributed by atoms with Crippen LogP contribution in [0.1, 0.15) is 18.9 Å². The van der Waals surface area contributed by atoms with E-state index in [1.807, 2.05) is 0 Å². The molecule has 0 spiro atoms. The van der Waals surface area contributed by atoms with Gasteiger partial charge in [-0.3, -0.25) is 9.69 Å². The Morgan fingerprint density at radius 2 is 1.81 bits per heavy atom. The average Bonchev–Trinajstić information content (AvgIpc) is 2.50. The van der Waals surface area contributed by atoms with Gasteiger partial charge in [-0.15, -0.1) is 0 Å². The van der Waals surface area contributed by atoms with E-state index in [1.54, 1.807) is 24.3 Å². The van der Waals surface area contributed by atoms with Gasteiger partial charge in [-0.2, -0.15) is 5.26 Å². The number of piperazine rings is 1. The summed E-state index contributed by atoms with van der Waals surface area (Å²) in [6.07, 6.45) is 1.18. The summed E-state index contributed by atoms with van der Waals surface area (Å²) < 4.78 is 0. The van der Waals surface area contributed by atoms with E-state index in [1.165, 1.54) is 6.42 Å². The molecule has 0 atom stereocenters. The molecular weight excluding hydrogens is 264 g/mol. The standard InChI is InChI=1S/C16H22N4O/c1-2-7-19-8-10-20(11-9-19)13-16(21)18-15-5-3-14(12-17)4-6-15/h3-6H,2,7-11,13H2,1H3,(H,18,21). The lowest BCUT2D eigenvalue weighted by Gasteiger charge is -2.34. The number of benzene rings is 1. The fourth-order valence-corrected chi connectivity index (χ4v) is 2.52.